The van der Waals surface area contributed by atoms with Crippen LogP contribution in [0.3, 0.4) is 0 Å². The highest BCUT2D eigenvalue weighted by molar-refractivity contribution is 5.99. The van der Waals surface area contributed by atoms with Gasteiger partial charge in [0.05, 0.1) is 5.56 Å². The van der Waals surface area contributed by atoms with Gasteiger partial charge in [0.2, 0.25) is 0 Å². The Bertz CT molecular complexity index is 397. The average Bonchev–Trinajstić information content (AvgIpc) is 2.36. The fourth-order valence-electron chi connectivity index (χ4n) is 1.61. The molecule has 0 bridgehead atoms. The van der Waals surface area contributed by atoms with E-state index in [0.29, 0.717) is 6.54 Å². The number of rotatable bonds is 7. The minimum atomic E-state index is -0.475. The van der Waals surface area contributed by atoms with Crippen molar-refractivity contribution in [3.05, 3.63) is 29.6 Å². The Morgan fingerprint density at radius 3 is 2.72 bits per heavy atom. The maximum atomic E-state index is 13.0. The first-order chi connectivity index (χ1) is 8.65. The lowest BCUT2D eigenvalue weighted by Gasteiger charge is -2.07. The Morgan fingerprint density at radius 1 is 1.28 bits per heavy atom. The summed E-state index contributed by atoms with van der Waals surface area (Å²) in [5, 5.41) is 11.3. The summed E-state index contributed by atoms with van der Waals surface area (Å²) in [5.74, 6) is -0.827. The van der Waals surface area contributed by atoms with Gasteiger partial charge in [0.25, 0.3) is 5.91 Å². The van der Waals surface area contributed by atoms with Crippen molar-refractivity contribution in [2.75, 3.05) is 18.9 Å². The molecule has 0 spiro atoms. The van der Waals surface area contributed by atoms with Crippen LogP contribution in [0.25, 0.3) is 0 Å². The van der Waals surface area contributed by atoms with Gasteiger partial charge in [-0.05, 0) is 31.0 Å². The number of benzene rings is 1. The van der Waals surface area contributed by atoms with Crippen LogP contribution in [0.4, 0.5) is 10.1 Å². The van der Waals surface area contributed by atoms with E-state index in [4.69, 9.17) is 10.8 Å². The van der Waals surface area contributed by atoms with Gasteiger partial charge >= 0.3 is 0 Å². The molecular formula is C13H19FN2O2. The zero-order valence-corrected chi connectivity index (χ0v) is 10.3. The van der Waals surface area contributed by atoms with E-state index >= 15 is 0 Å². The maximum absolute atomic E-state index is 13.0. The molecule has 0 unspecified atom stereocenters. The lowest BCUT2D eigenvalue weighted by molar-refractivity contribution is 0.0953. The molecule has 1 aromatic rings. The van der Waals surface area contributed by atoms with Crippen molar-refractivity contribution >= 4 is 11.6 Å². The molecule has 100 valence electrons. The van der Waals surface area contributed by atoms with Crippen LogP contribution in [0, 0.1) is 5.82 Å². The van der Waals surface area contributed by atoms with Gasteiger partial charge in [-0.25, -0.2) is 4.39 Å². The zero-order chi connectivity index (χ0) is 13.4. The topological polar surface area (TPSA) is 75.4 Å². The second-order valence-electron chi connectivity index (χ2n) is 4.13. The molecule has 0 fully saturated rings. The second kappa shape index (κ2) is 7.66. The van der Waals surface area contributed by atoms with E-state index < -0.39 is 5.82 Å². The standard InChI is InChI=1S/C13H19FN2O2/c14-10-5-6-12(15)11(9-10)13(18)16-7-3-1-2-4-8-17/h5-6,9,17H,1-4,7-8,15H2,(H,16,18). The van der Waals surface area contributed by atoms with Gasteiger partial charge in [-0.2, -0.15) is 0 Å². The molecule has 5 heteroatoms. The van der Waals surface area contributed by atoms with Crippen molar-refractivity contribution in [2.45, 2.75) is 25.7 Å². The fourth-order valence-corrected chi connectivity index (χ4v) is 1.61. The Labute approximate surface area is 106 Å². The van der Waals surface area contributed by atoms with E-state index in [1.165, 1.54) is 12.1 Å². The number of halogens is 1. The Hall–Kier alpha value is -1.62. The fraction of sp³-hybridized carbons (Fsp3) is 0.462. The molecule has 4 nitrogen and oxygen atoms in total. The molecule has 0 heterocycles. The first-order valence-corrected chi connectivity index (χ1v) is 6.09. The molecule has 0 saturated heterocycles. The van der Waals surface area contributed by atoms with Gasteiger partial charge in [-0.3, -0.25) is 4.79 Å². The van der Waals surface area contributed by atoms with Crippen molar-refractivity contribution in [1.29, 1.82) is 0 Å². The number of carbonyl (C=O) groups excluding carboxylic acids is 1. The average molecular weight is 254 g/mol. The predicted molar refractivity (Wildman–Crippen MR) is 68.7 cm³/mol. The third-order valence-electron chi connectivity index (χ3n) is 2.63. The zero-order valence-electron chi connectivity index (χ0n) is 10.3. The van der Waals surface area contributed by atoms with Crippen molar-refractivity contribution < 1.29 is 14.3 Å². The van der Waals surface area contributed by atoms with Crippen LogP contribution in [0.15, 0.2) is 18.2 Å². The molecule has 1 aromatic carbocycles. The lowest BCUT2D eigenvalue weighted by Crippen LogP contribution is -2.25. The van der Waals surface area contributed by atoms with Crippen molar-refractivity contribution in [2.24, 2.45) is 0 Å². The molecule has 1 amide bonds. The largest absolute Gasteiger partial charge is 0.398 e. The van der Waals surface area contributed by atoms with Gasteiger partial charge in [0, 0.05) is 18.8 Å². The number of anilines is 1. The molecule has 0 radical (unpaired) electrons. The van der Waals surface area contributed by atoms with Gasteiger partial charge < -0.3 is 16.2 Å². The quantitative estimate of drug-likeness (QED) is 0.512. The Morgan fingerprint density at radius 2 is 2.00 bits per heavy atom. The predicted octanol–water partition coefficient (Wildman–Crippen LogP) is 1.69. The second-order valence-corrected chi connectivity index (χ2v) is 4.13. The molecule has 0 aromatic heterocycles. The first-order valence-electron chi connectivity index (χ1n) is 6.09. The highest BCUT2D eigenvalue weighted by Gasteiger charge is 2.09. The number of nitrogens with two attached hydrogens (primary N) is 1. The summed E-state index contributed by atoms with van der Waals surface area (Å²) < 4.78 is 13.0. The van der Waals surface area contributed by atoms with E-state index in [2.05, 4.69) is 5.32 Å². The SMILES string of the molecule is Nc1ccc(F)cc1C(=O)NCCCCCCO. The normalized spacial score (nSPS) is 10.3. The third-order valence-corrected chi connectivity index (χ3v) is 2.63. The number of nitrogens with one attached hydrogen (secondary N) is 1. The van der Waals surface area contributed by atoms with Gasteiger partial charge in [-0.15, -0.1) is 0 Å². The summed E-state index contributed by atoms with van der Waals surface area (Å²) in [6.45, 7) is 0.729. The molecule has 4 N–H and O–H groups in total. The molecule has 1 rings (SSSR count). The number of hydrogen-bond acceptors (Lipinski definition) is 3. The number of amides is 1. The molecule has 0 atom stereocenters. The number of carbonyl (C=O) groups is 1. The van der Waals surface area contributed by atoms with E-state index in [1.807, 2.05) is 0 Å². The van der Waals surface area contributed by atoms with Gasteiger partial charge in [0.15, 0.2) is 0 Å². The molecule has 0 saturated carbocycles. The summed E-state index contributed by atoms with van der Waals surface area (Å²) in [7, 11) is 0. The van der Waals surface area contributed by atoms with Crippen LogP contribution in [-0.2, 0) is 0 Å². The molecule has 0 aliphatic heterocycles. The number of unbranched alkanes of at least 4 members (excludes halogenated alkanes) is 3. The van der Waals surface area contributed by atoms with Crippen LogP contribution in [0.1, 0.15) is 36.0 Å². The summed E-state index contributed by atoms with van der Waals surface area (Å²) in [6, 6.07) is 3.74. The highest BCUT2D eigenvalue weighted by atomic mass is 19.1. The van der Waals surface area contributed by atoms with Crippen LogP contribution in [0.5, 0.6) is 0 Å². The summed E-state index contributed by atoms with van der Waals surface area (Å²) in [6.07, 6.45) is 3.50. The Kier molecular flexibility index (Phi) is 6.14. The van der Waals surface area contributed by atoms with Crippen LogP contribution in [0.2, 0.25) is 0 Å². The van der Waals surface area contributed by atoms with E-state index in [-0.39, 0.29) is 23.8 Å². The van der Waals surface area contributed by atoms with E-state index in [1.54, 1.807) is 0 Å². The molecule has 0 aliphatic carbocycles. The first kappa shape index (κ1) is 14.4. The number of hydrogen-bond donors (Lipinski definition) is 3. The van der Waals surface area contributed by atoms with Crippen LogP contribution in [-0.4, -0.2) is 24.2 Å². The van der Waals surface area contributed by atoms with Crippen LogP contribution >= 0.6 is 0 Å². The van der Waals surface area contributed by atoms with Crippen LogP contribution < -0.4 is 11.1 Å². The molecule has 0 aliphatic rings. The minimum absolute atomic E-state index is 0.172. The van der Waals surface area contributed by atoms with Crippen molar-refractivity contribution in [3.8, 4) is 0 Å². The third kappa shape index (κ3) is 4.71. The smallest absolute Gasteiger partial charge is 0.253 e. The number of nitrogen functional groups attached to an aromatic ring is 1. The van der Waals surface area contributed by atoms with Gasteiger partial charge in [-0.1, -0.05) is 12.8 Å². The minimum Gasteiger partial charge on any atom is -0.398 e. The monoisotopic (exact) mass is 254 g/mol. The Balaban J connectivity index is 2.34. The number of aliphatic hydroxyl groups excluding tert-OH is 1. The summed E-state index contributed by atoms with van der Waals surface area (Å²) >= 11 is 0. The van der Waals surface area contributed by atoms with Gasteiger partial charge in [0.1, 0.15) is 5.82 Å². The van der Waals surface area contributed by atoms with E-state index in [0.717, 1.165) is 31.7 Å². The summed E-state index contributed by atoms with van der Waals surface area (Å²) in [5.41, 5.74) is 6.05. The number of aliphatic hydroxyl groups is 1. The molecule has 18 heavy (non-hydrogen) atoms. The van der Waals surface area contributed by atoms with Crippen molar-refractivity contribution in [3.63, 3.8) is 0 Å². The van der Waals surface area contributed by atoms with E-state index in [9.17, 15) is 9.18 Å². The maximum Gasteiger partial charge on any atom is 0.253 e. The molecular weight excluding hydrogens is 235 g/mol. The summed E-state index contributed by atoms with van der Waals surface area (Å²) in [4.78, 5) is 11.7. The van der Waals surface area contributed by atoms with Crippen molar-refractivity contribution in [1.82, 2.24) is 5.32 Å². The highest BCUT2D eigenvalue weighted by Crippen LogP contribution is 2.13. The lowest BCUT2D eigenvalue weighted by atomic mass is 10.1.